The molecule has 1 aromatic carbocycles. The molecular formula is C39H59NO3. The number of benzene rings is 1. The van der Waals surface area contributed by atoms with Crippen LogP contribution in [0.25, 0.3) is 0 Å². The van der Waals surface area contributed by atoms with E-state index in [0.717, 1.165) is 49.8 Å². The lowest BCUT2D eigenvalue weighted by Gasteiger charge is -2.72. The summed E-state index contributed by atoms with van der Waals surface area (Å²) >= 11 is 0. The van der Waals surface area contributed by atoms with Crippen molar-refractivity contribution in [2.75, 3.05) is 7.11 Å². The first kappa shape index (κ1) is 31.2. The van der Waals surface area contributed by atoms with Crippen LogP contribution in [0.1, 0.15) is 124 Å². The Labute approximate surface area is 261 Å². The summed E-state index contributed by atoms with van der Waals surface area (Å²) in [6.07, 6.45) is 11.0. The van der Waals surface area contributed by atoms with Gasteiger partial charge in [-0.05, 0) is 147 Å². The second-order valence-corrected chi connectivity index (χ2v) is 17.2. The molecule has 0 radical (unpaired) electrons. The Hall–Kier alpha value is -1.81. The molecule has 2 N–H and O–H groups in total. The topological polar surface area (TPSA) is 58.6 Å². The van der Waals surface area contributed by atoms with Gasteiger partial charge >= 0.3 is 0 Å². The maximum absolute atomic E-state index is 14.6. The molecule has 0 spiro atoms. The summed E-state index contributed by atoms with van der Waals surface area (Å²) in [7, 11) is 1.69. The number of aliphatic hydroxyl groups is 1. The normalized spacial score (nSPS) is 45.5. The molecule has 0 aliphatic heterocycles. The lowest BCUT2D eigenvalue weighted by atomic mass is 9.32. The van der Waals surface area contributed by atoms with Gasteiger partial charge in [0.05, 0.1) is 24.7 Å². The van der Waals surface area contributed by atoms with Gasteiger partial charge in [-0.15, -0.1) is 0 Å². The number of rotatable bonds is 5. The first-order valence-electron chi connectivity index (χ1n) is 17.4. The third kappa shape index (κ3) is 4.27. The molecule has 0 aromatic heterocycles. The van der Waals surface area contributed by atoms with Crippen LogP contribution in [0, 0.1) is 56.7 Å². The fourth-order valence-corrected chi connectivity index (χ4v) is 12.8. The Bertz CT molecular complexity index is 1250. The summed E-state index contributed by atoms with van der Waals surface area (Å²) in [6, 6.07) is 8.08. The number of fused-ring (bicyclic) bond motifs is 7. The fraction of sp³-hybridized carbons (Fsp3) is 0.769. The highest BCUT2D eigenvalue weighted by atomic mass is 16.5. The Morgan fingerprint density at radius 3 is 2.26 bits per heavy atom. The van der Waals surface area contributed by atoms with Crippen molar-refractivity contribution in [3.05, 3.63) is 42.0 Å². The van der Waals surface area contributed by atoms with Crippen molar-refractivity contribution in [3.8, 4) is 5.75 Å². The molecule has 0 bridgehead atoms. The zero-order valence-corrected chi connectivity index (χ0v) is 28.4. The van der Waals surface area contributed by atoms with E-state index in [1.807, 2.05) is 12.1 Å². The van der Waals surface area contributed by atoms with Crippen molar-refractivity contribution in [1.29, 1.82) is 0 Å². The van der Waals surface area contributed by atoms with Gasteiger partial charge in [0.2, 0.25) is 5.91 Å². The number of nitrogens with one attached hydrogen (secondary N) is 1. The van der Waals surface area contributed by atoms with Crippen LogP contribution < -0.4 is 10.1 Å². The maximum atomic E-state index is 14.6. The van der Waals surface area contributed by atoms with Crippen molar-refractivity contribution in [2.24, 2.45) is 56.7 Å². The van der Waals surface area contributed by atoms with E-state index in [1.165, 1.54) is 31.3 Å². The van der Waals surface area contributed by atoms with Gasteiger partial charge in [-0.1, -0.05) is 58.9 Å². The second kappa shape index (κ2) is 10.4. The number of carbonyl (C=O) groups is 1. The average molecular weight is 590 g/mol. The van der Waals surface area contributed by atoms with E-state index < -0.39 is 0 Å². The molecule has 0 heterocycles. The van der Waals surface area contributed by atoms with E-state index in [2.05, 4.69) is 72.5 Å². The van der Waals surface area contributed by atoms with Crippen LogP contribution in [0.4, 0.5) is 0 Å². The van der Waals surface area contributed by atoms with Crippen LogP contribution in [-0.4, -0.2) is 24.2 Å². The van der Waals surface area contributed by atoms with Crippen LogP contribution in [-0.2, 0) is 4.79 Å². The third-order valence-corrected chi connectivity index (χ3v) is 15.5. The molecule has 5 saturated carbocycles. The molecule has 5 fully saturated rings. The number of methoxy groups -OCH3 is 1. The minimum atomic E-state index is -0.310. The number of aliphatic hydroxyl groups excluding tert-OH is 1. The van der Waals surface area contributed by atoms with E-state index in [-0.39, 0.29) is 45.1 Å². The molecule has 4 nitrogen and oxygen atoms in total. The predicted molar refractivity (Wildman–Crippen MR) is 175 cm³/mol. The summed E-state index contributed by atoms with van der Waals surface area (Å²) < 4.78 is 5.36. The van der Waals surface area contributed by atoms with Crippen molar-refractivity contribution in [3.63, 3.8) is 0 Å². The molecule has 6 rings (SSSR count). The lowest BCUT2D eigenvalue weighted by molar-refractivity contribution is -0.246. The molecule has 43 heavy (non-hydrogen) atoms. The molecule has 1 aromatic rings. The van der Waals surface area contributed by atoms with Crippen LogP contribution in [0.5, 0.6) is 5.75 Å². The van der Waals surface area contributed by atoms with Crippen LogP contribution >= 0.6 is 0 Å². The zero-order valence-electron chi connectivity index (χ0n) is 28.4. The Morgan fingerprint density at radius 2 is 1.60 bits per heavy atom. The largest absolute Gasteiger partial charge is 0.497 e. The van der Waals surface area contributed by atoms with Crippen LogP contribution in [0.2, 0.25) is 0 Å². The van der Waals surface area contributed by atoms with Gasteiger partial charge in [-0.3, -0.25) is 4.79 Å². The van der Waals surface area contributed by atoms with Crippen molar-refractivity contribution in [2.45, 2.75) is 125 Å². The SMILES string of the molecule is C=C(C)[C@@H]1CC[C@]2(C(=O)N[C@H](C)c3ccc(OC)cc3)CC[C@]3(C)[C@H](CC[C@@H]4[C@@]5(C)CC[C@H](O)C(C)(C)[C@@H]5CC[C@]43C)[C@@H]12. The summed E-state index contributed by atoms with van der Waals surface area (Å²) in [6.45, 7) is 21.5. The number of hydrogen-bond donors (Lipinski definition) is 2. The van der Waals surface area contributed by atoms with E-state index in [4.69, 9.17) is 4.74 Å². The van der Waals surface area contributed by atoms with Crippen molar-refractivity contribution >= 4 is 5.91 Å². The molecule has 0 unspecified atom stereocenters. The maximum Gasteiger partial charge on any atom is 0.227 e. The van der Waals surface area contributed by atoms with Gasteiger partial charge in [0.15, 0.2) is 0 Å². The number of amides is 1. The third-order valence-electron chi connectivity index (χ3n) is 15.5. The van der Waals surface area contributed by atoms with Gasteiger partial charge in [-0.2, -0.15) is 0 Å². The number of ether oxygens (including phenoxy) is 1. The first-order valence-corrected chi connectivity index (χ1v) is 17.4. The van der Waals surface area contributed by atoms with Gasteiger partial charge in [0, 0.05) is 0 Å². The quantitative estimate of drug-likeness (QED) is 0.337. The number of hydrogen-bond acceptors (Lipinski definition) is 3. The second-order valence-electron chi connectivity index (χ2n) is 17.2. The van der Waals surface area contributed by atoms with Crippen molar-refractivity contribution < 1.29 is 14.6 Å². The Kier molecular flexibility index (Phi) is 7.51. The first-order chi connectivity index (χ1) is 20.2. The lowest BCUT2D eigenvalue weighted by Crippen LogP contribution is -2.67. The van der Waals surface area contributed by atoms with Gasteiger partial charge in [0.1, 0.15) is 5.75 Å². The summed E-state index contributed by atoms with van der Waals surface area (Å²) in [5, 5.41) is 14.6. The molecule has 5 aliphatic carbocycles. The molecule has 11 atom stereocenters. The van der Waals surface area contributed by atoms with Gasteiger partial charge < -0.3 is 15.2 Å². The molecule has 1 amide bonds. The highest BCUT2D eigenvalue weighted by Crippen LogP contribution is 2.77. The molecule has 238 valence electrons. The van der Waals surface area contributed by atoms with E-state index >= 15 is 0 Å². The molecule has 0 saturated heterocycles. The van der Waals surface area contributed by atoms with Gasteiger partial charge in [-0.25, -0.2) is 0 Å². The van der Waals surface area contributed by atoms with E-state index in [0.29, 0.717) is 29.6 Å². The number of carbonyl (C=O) groups excluding carboxylic acids is 1. The van der Waals surface area contributed by atoms with Crippen molar-refractivity contribution in [1.82, 2.24) is 5.32 Å². The molecule has 4 heteroatoms. The predicted octanol–water partition coefficient (Wildman–Crippen LogP) is 8.89. The monoisotopic (exact) mass is 589 g/mol. The van der Waals surface area contributed by atoms with Crippen LogP contribution in [0.3, 0.4) is 0 Å². The van der Waals surface area contributed by atoms with Gasteiger partial charge in [0.25, 0.3) is 0 Å². The van der Waals surface area contributed by atoms with E-state index in [1.54, 1.807) is 7.11 Å². The number of allylic oxidation sites excluding steroid dienone is 1. The molecular weight excluding hydrogens is 530 g/mol. The summed E-state index contributed by atoms with van der Waals surface area (Å²) in [4.78, 5) is 14.6. The standard InChI is InChI=1S/C39H59NO3/c1-24(2)28-16-21-39(34(42)40-25(3)26-10-12-27(43-9)13-11-26)23-22-37(7)29(33(28)39)14-15-31-36(6)19-18-32(41)35(4,5)30(36)17-20-38(31,37)8/h10-13,25,28-33,41H,1,14-23H2,2-9H3,(H,40,42)/t25-,28+,29-,30+,31-,32+,33-,36+,37-,38-,39+/m1/s1. The van der Waals surface area contributed by atoms with Crippen LogP contribution in [0.15, 0.2) is 36.4 Å². The van der Waals surface area contributed by atoms with E-state index in [9.17, 15) is 9.90 Å². The highest BCUT2D eigenvalue weighted by Gasteiger charge is 2.71. The Balaban J connectivity index is 1.32. The summed E-state index contributed by atoms with van der Waals surface area (Å²) in [5.41, 5.74) is 2.79. The minimum absolute atomic E-state index is 0.0248. The zero-order chi connectivity index (χ0) is 31.2. The minimum Gasteiger partial charge on any atom is -0.497 e. The summed E-state index contributed by atoms with van der Waals surface area (Å²) in [5.74, 6) is 3.68. The smallest absolute Gasteiger partial charge is 0.227 e. The molecule has 5 aliphatic rings. The Morgan fingerprint density at radius 1 is 0.907 bits per heavy atom. The highest BCUT2D eigenvalue weighted by molar-refractivity contribution is 5.84. The average Bonchev–Trinajstić information content (AvgIpc) is 3.37. The fourth-order valence-electron chi connectivity index (χ4n) is 12.8.